The van der Waals surface area contributed by atoms with E-state index in [-0.39, 0.29) is 33.6 Å². The molecular formula is C12H12FN5O4S2. The highest BCUT2D eigenvalue weighted by Crippen LogP contribution is 2.34. The first-order valence-corrected chi connectivity index (χ1v) is 8.93. The molecule has 0 atom stereocenters. The molecule has 1 fully saturated rings. The van der Waals surface area contributed by atoms with E-state index in [0.29, 0.717) is 11.3 Å². The summed E-state index contributed by atoms with van der Waals surface area (Å²) >= 11 is 0.680. The highest BCUT2D eigenvalue weighted by Gasteiger charge is 2.38. The van der Waals surface area contributed by atoms with Crippen LogP contribution in [0.1, 0.15) is 20.8 Å². The Bertz CT molecular complexity index is 887. The molecule has 0 aliphatic carbocycles. The molecule has 0 saturated carbocycles. The predicted molar refractivity (Wildman–Crippen MR) is 83.0 cm³/mol. The number of amides is 2. The smallest absolute Gasteiger partial charge is 0.274 e. The van der Waals surface area contributed by atoms with E-state index in [1.807, 2.05) is 0 Å². The fourth-order valence-corrected chi connectivity index (χ4v) is 5.05. The van der Waals surface area contributed by atoms with Crippen LogP contribution in [0.25, 0.3) is 0 Å². The van der Waals surface area contributed by atoms with Crippen LogP contribution in [0.3, 0.4) is 0 Å². The summed E-state index contributed by atoms with van der Waals surface area (Å²) in [5.41, 5.74) is 5.23. The Morgan fingerprint density at radius 2 is 2.17 bits per heavy atom. The van der Waals surface area contributed by atoms with Crippen molar-refractivity contribution < 1.29 is 22.4 Å². The van der Waals surface area contributed by atoms with Crippen molar-refractivity contribution in [3.8, 4) is 0 Å². The molecule has 0 unspecified atom stereocenters. The molecule has 0 bridgehead atoms. The van der Waals surface area contributed by atoms with Gasteiger partial charge in [0.1, 0.15) is 21.1 Å². The number of nitrogens with two attached hydrogens (primary N) is 1. The molecule has 12 heteroatoms. The average molecular weight is 373 g/mol. The van der Waals surface area contributed by atoms with E-state index in [2.05, 4.69) is 15.5 Å². The number of hydrogen-bond donors (Lipinski definition) is 3. The zero-order valence-corrected chi connectivity index (χ0v) is 13.7. The number of halogens is 1. The van der Waals surface area contributed by atoms with Gasteiger partial charge in [0.2, 0.25) is 0 Å². The topological polar surface area (TPSA) is 138 Å². The molecule has 3 rings (SSSR count). The molecule has 1 saturated heterocycles. The second kappa shape index (κ2) is 5.96. The van der Waals surface area contributed by atoms with Crippen molar-refractivity contribution in [1.29, 1.82) is 0 Å². The lowest BCUT2D eigenvalue weighted by Gasteiger charge is -2.32. The van der Waals surface area contributed by atoms with Gasteiger partial charge in [-0.2, -0.15) is 9.40 Å². The number of hydrogen-bond acceptors (Lipinski definition) is 6. The summed E-state index contributed by atoms with van der Waals surface area (Å²) in [7, 11) is -3.93. The van der Waals surface area contributed by atoms with E-state index >= 15 is 0 Å². The quantitative estimate of drug-likeness (QED) is 0.685. The minimum atomic E-state index is -3.93. The molecule has 4 N–H and O–H groups in total. The van der Waals surface area contributed by atoms with Crippen LogP contribution in [0.15, 0.2) is 22.5 Å². The van der Waals surface area contributed by atoms with Gasteiger partial charge in [-0.25, -0.2) is 12.8 Å². The molecule has 0 radical (unpaired) electrons. The SMILES string of the molecule is NC(=O)c1cc(S(=O)(=O)N2CC(F)C2)sc1NC(=O)c1ccn[nH]1. The van der Waals surface area contributed by atoms with Crippen LogP contribution < -0.4 is 11.1 Å². The lowest BCUT2D eigenvalue weighted by Crippen LogP contribution is -2.51. The number of anilines is 1. The maximum Gasteiger partial charge on any atom is 0.274 e. The summed E-state index contributed by atoms with van der Waals surface area (Å²) in [4.78, 5) is 23.5. The van der Waals surface area contributed by atoms with E-state index in [1.54, 1.807) is 0 Å². The number of rotatable bonds is 5. The number of nitrogens with one attached hydrogen (secondary N) is 2. The van der Waals surface area contributed by atoms with Gasteiger partial charge in [0, 0.05) is 19.3 Å². The number of sulfonamides is 1. The normalized spacial score (nSPS) is 15.9. The van der Waals surface area contributed by atoms with E-state index in [4.69, 9.17) is 5.73 Å². The molecule has 3 heterocycles. The molecule has 1 aliphatic rings. The van der Waals surface area contributed by atoms with Gasteiger partial charge in [-0.15, -0.1) is 11.3 Å². The van der Waals surface area contributed by atoms with Crippen LogP contribution in [0.2, 0.25) is 0 Å². The van der Waals surface area contributed by atoms with Crippen LogP contribution >= 0.6 is 11.3 Å². The first kappa shape index (κ1) is 16.5. The summed E-state index contributed by atoms with van der Waals surface area (Å²) in [6.45, 7) is -0.468. The predicted octanol–water partition coefficient (Wildman–Crippen LogP) is 0.165. The van der Waals surface area contributed by atoms with Crippen molar-refractivity contribution in [2.75, 3.05) is 18.4 Å². The van der Waals surface area contributed by atoms with E-state index in [1.165, 1.54) is 12.3 Å². The monoisotopic (exact) mass is 373 g/mol. The van der Waals surface area contributed by atoms with Gasteiger partial charge in [0.15, 0.2) is 0 Å². The number of aromatic nitrogens is 2. The van der Waals surface area contributed by atoms with Crippen LogP contribution in [-0.2, 0) is 10.0 Å². The molecule has 2 aromatic rings. The second-order valence-corrected chi connectivity index (χ2v) is 8.23. The number of primary amides is 1. The summed E-state index contributed by atoms with van der Waals surface area (Å²) in [6.07, 6.45) is 0.167. The standard InChI is InChI=1S/C12H12FN5O4S2/c13-6-4-18(5-6)24(21,22)9-3-7(10(14)19)12(23-9)16-11(20)8-1-2-15-17-8/h1-3,6H,4-5H2,(H2,14,19)(H,15,17)(H,16,20). The largest absolute Gasteiger partial charge is 0.366 e. The Hall–Kier alpha value is -2.31. The molecule has 2 aromatic heterocycles. The van der Waals surface area contributed by atoms with Crippen molar-refractivity contribution in [1.82, 2.24) is 14.5 Å². The second-order valence-electron chi connectivity index (χ2n) is 5.02. The molecule has 1 aliphatic heterocycles. The Labute approximate surface area is 139 Å². The molecule has 128 valence electrons. The first-order chi connectivity index (χ1) is 11.3. The minimum absolute atomic E-state index is 0.00185. The van der Waals surface area contributed by atoms with Gasteiger partial charge in [0.05, 0.1) is 5.56 Å². The van der Waals surface area contributed by atoms with Gasteiger partial charge < -0.3 is 11.1 Å². The fourth-order valence-electron chi connectivity index (χ4n) is 2.04. The van der Waals surface area contributed by atoms with Crippen molar-refractivity contribution in [2.24, 2.45) is 5.73 Å². The Balaban J connectivity index is 1.91. The number of carbonyl (C=O) groups excluding carboxylic acids is 2. The number of carbonyl (C=O) groups is 2. The van der Waals surface area contributed by atoms with Gasteiger partial charge in [-0.05, 0) is 12.1 Å². The lowest BCUT2D eigenvalue weighted by atomic mass is 10.3. The molecule has 2 amide bonds. The number of alkyl halides is 1. The van der Waals surface area contributed by atoms with Crippen molar-refractivity contribution in [3.63, 3.8) is 0 Å². The Morgan fingerprint density at radius 1 is 1.46 bits per heavy atom. The van der Waals surface area contributed by atoms with Gasteiger partial charge >= 0.3 is 0 Å². The first-order valence-electron chi connectivity index (χ1n) is 6.67. The zero-order valence-electron chi connectivity index (χ0n) is 12.0. The Kier molecular flexibility index (Phi) is 4.11. The number of H-pyrrole nitrogens is 1. The van der Waals surface area contributed by atoms with E-state index in [0.717, 1.165) is 10.4 Å². The highest BCUT2D eigenvalue weighted by atomic mass is 32.2. The molecule has 0 aromatic carbocycles. The van der Waals surface area contributed by atoms with Crippen LogP contribution in [0.4, 0.5) is 9.39 Å². The molecule has 24 heavy (non-hydrogen) atoms. The molecule has 0 spiro atoms. The molecular weight excluding hydrogens is 361 g/mol. The number of thiophene rings is 1. The third-order valence-corrected chi connectivity index (χ3v) is 6.68. The summed E-state index contributed by atoms with van der Waals surface area (Å²) in [5.74, 6) is -1.49. The number of aromatic amines is 1. The van der Waals surface area contributed by atoms with Crippen LogP contribution in [0, 0.1) is 0 Å². The summed E-state index contributed by atoms with van der Waals surface area (Å²) in [6, 6.07) is 2.49. The maximum atomic E-state index is 12.9. The van der Waals surface area contributed by atoms with Crippen molar-refractivity contribution in [2.45, 2.75) is 10.4 Å². The van der Waals surface area contributed by atoms with Gasteiger partial charge in [-0.3, -0.25) is 14.7 Å². The zero-order chi connectivity index (χ0) is 17.5. The van der Waals surface area contributed by atoms with Gasteiger partial charge in [0.25, 0.3) is 21.8 Å². The van der Waals surface area contributed by atoms with E-state index in [9.17, 15) is 22.4 Å². The number of nitrogens with zero attached hydrogens (tertiary/aromatic N) is 2. The average Bonchev–Trinajstić information content (AvgIpc) is 3.13. The summed E-state index contributed by atoms with van der Waals surface area (Å²) < 4.78 is 38.4. The minimum Gasteiger partial charge on any atom is -0.366 e. The third-order valence-electron chi connectivity index (χ3n) is 3.34. The fraction of sp³-hybridized carbons (Fsp3) is 0.250. The molecule has 9 nitrogen and oxygen atoms in total. The van der Waals surface area contributed by atoms with Crippen molar-refractivity contribution in [3.05, 3.63) is 29.6 Å². The highest BCUT2D eigenvalue weighted by molar-refractivity contribution is 7.91. The van der Waals surface area contributed by atoms with Crippen LogP contribution in [-0.4, -0.2) is 54.0 Å². The van der Waals surface area contributed by atoms with E-state index < -0.39 is 28.0 Å². The third kappa shape index (κ3) is 2.90. The Morgan fingerprint density at radius 3 is 2.71 bits per heavy atom. The van der Waals surface area contributed by atoms with Crippen molar-refractivity contribution >= 4 is 38.2 Å². The lowest BCUT2D eigenvalue weighted by molar-refractivity contribution is 0.100. The van der Waals surface area contributed by atoms with Gasteiger partial charge in [-0.1, -0.05) is 0 Å². The maximum absolute atomic E-state index is 12.9. The summed E-state index contributed by atoms with van der Waals surface area (Å²) in [5, 5.41) is 8.49. The van der Waals surface area contributed by atoms with Crippen LogP contribution in [0.5, 0.6) is 0 Å².